The second kappa shape index (κ2) is 8.38. The summed E-state index contributed by atoms with van der Waals surface area (Å²) in [6.45, 7) is 7.88. The minimum atomic E-state index is 0.243. The van der Waals surface area contributed by atoms with E-state index in [0.717, 1.165) is 62.6 Å². The lowest BCUT2D eigenvalue weighted by Gasteiger charge is -2.35. The van der Waals surface area contributed by atoms with Gasteiger partial charge in [0.15, 0.2) is 0 Å². The molecule has 5 heteroatoms. The number of hydrogen-bond donors (Lipinski definition) is 1. The van der Waals surface area contributed by atoms with Crippen molar-refractivity contribution in [3.05, 3.63) is 47.3 Å². The molecule has 3 aromatic rings. The maximum atomic E-state index is 9.01. The molecular formula is C22H27N3OS. The van der Waals surface area contributed by atoms with Gasteiger partial charge in [0.1, 0.15) is 5.82 Å². The Morgan fingerprint density at radius 3 is 2.56 bits per heavy atom. The van der Waals surface area contributed by atoms with Gasteiger partial charge in [-0.1, -0.05) is 31.2 Å². The fourth-order valence-electron chi connectivity index (χ4n) is 3.74. The summed E-state index contributed by atoms with van der Waals surface area (Å²) in [5.41, 5.74) is 3.47. The van der Waals surface area contributed by atoms with Gasteiger partial charge in [-0.3, -0.25) is 0 Å². The van der Waals surface area contributed by atoms with Gasteiger partial charge in [0.25, 0.3) is 0 Å². The number of aliphatic hydroxyl groups is 1. The number of likely N-dealkylation sites (N-methyl/N-ethyl adjacent to an activating group) is 1. The number of aromatic nitrogens is 1. The molecule has 3 heterocycles. The summed E-state index contributed by atoms with van der Waals surface area (Å²) in [5, 5.41) is 12.4. The van der Waals surface area contributed by atoms with Crippen LogP contribution < -0.4 is 4.90 Å². The highest BCUT2D eigenvalue weighted by Gasteiger charge is 2.20. The number of fused-ring (bicyclic) bond motifs is 1. The second-order valence-electron chi connectivity index (χ2n) is 7.11. The van der Waals surface area contributed by atoms with Gasteiger partial charge < -0.3 is 14.9 Å². The molecule has 0 bridgehead atoms. The number of piperazine rings is 1. The van der Waals surface area contributed by atoms with Crippen LogP contribution in [0.3, 0.4) is 0 Å². The van der Waals surface area contributed by atoms with Gasteiger partial charge >= 0.3 is 0 Å². The van der Waals surface area contributed by atoms with Crippen molar-refractivity contribution in [2.24, 2.45) is 0 Å². The van der Waals surface area contributed by atoms with E-state index in [4.69, 9.17) is 10.1 Å². The molecule has 0 saturated carbocycles. The van der Waals surface area contributed by atoms with E-state index in [0.29, 0.717) is 0 Å². The van der Waals surface area contributed by atoms with Crippen molar-refractivity contribution in [1.82, 2.24) is 9.88 Å². The predicted octanol–water partition coefficient (Wildman–Crippen LogP) is 4.03. The molecule has 0 radical (unpaired) electrons. The Morgan fingerprint density at radius 2 is 1.85 bits per heavy atom. The molecule has 0 atom stereocenters. The predicted molar refractivity (Wildman–Crippen MR) is 115 cm³/mol. The van der Waals surface area contributed by atoms with Crippen LogP contribution in [0.2, 0.25) is 0 Å². The average molecular weight is 382 g/mol. The van der Waals surface area contributed by atoms with E-state index >= 15 is 0 Å². The van der Waals surface area contributed by atoms with Crippen LogP contribution in [0, 0.1) is 0 Å². The molecule has 0 aliphatic carbocycles. The van der Waals surface area contributed by atoms with E-state index in [2.05, 4.69) is 58.5 Å². The molecule has 2 aromatic heterocycles. The van der Waals surface area contributed by atoms with Crippen molar-refractivity contribution in [2.45, 2.75) is 19.8 Å². The third kappa shape index (κ3) is 4.00. The number of pyridine rings is 1. The molecule has 4 rings (SSSR count). The lowest BCUT2D eigenvalue weighted by Crippen LogP contribution is -2.46. The molecule has 142 valence electrons. The summed E-state index contributed by atoms with van der Waals surface area (Å²) >= 11 is 1.79. The number of hydrogen-bond acceptors (Lipinski definition) is 5. The van der Waals surface area contributed by atoms with E-state index in [-0.39, 0.29) is 6.61 Å². The molecule has 1 fully saturated rings. The number of rotatable bonds is 6. The third-order valence-electron chi connectivity index (χ3n) is 5.42. The zero-order chi connectivity index (χ0) is 18.6. The maximum absolute atomic E-state index is 9.01. The van der Waals surface area contributed by atoms with Gasteiger partial charge in [-0.15, -0.1) is 11.3 Å². The summed E-state index contributed by atoms with van der Waals surface area (Å²) in [6, 6.07) is 13.1. The van der Waals surface area contributed by atoms with Crippen molar-refractivity contribution in [2.75, 3.05) is 44.2 Å². The minimum Gasteiger partial charge on any atom is -0.396 e. The number of benzene rings is 1. The second-order valence-corrected chi connectivity index (χ2v) is 8.06. The molecule has 1 aliphatic heterocycles. The Bertz CT molecular complexity index is 882. The van der Waals surface area contributed by atoms with Gasteiger partial charge in [0.05, 0.1) is 5.69 Å². The lowest BCUT2D eigenvalue weighted by atomic mass is 10.0. The van der Waals surface area contributed by atoms with Gasteiger partial charge in [-0.25, -0.2) is 4.98 Å². The molecule has 1 saturated heterocycles. The topological polar surface area (TPSA) is 39.6 Å². The first-order valence-electron chi connectivity index (χ1n) is 9.84. The molecule has 0 amide bonds. The van der Waals surface area contributed by atoms with E-state index in [1.807, 2.05) is 0 Å². The van der Waals surface area contributed by atoms with Gasteiger partial charge in [-0.2, -0.15) is 0 Å². The monoisotopic (exact) mass is 381 g/mol. The van der Waals surface area contributed by atoms with Crippen LogP contribution in [0.5, 0.6) is 0 Å². The van der Waals surface area contributed by atoms with Crippen molar-refractivity contribution < 1.29 is 5.11 Å². The average Bonchev–Trinajstić information content (AvgIpc) is 3.21. The zero-order valence-electron chi connectivity index (χ0n) is 15.9. The number of aliphatic hydroxyl groups excluding tert-OH is 1. The summed E-state index contributed by atoms with van der Waals surface area (Å²) in [6.07, 6.45) is 1.73. The number of thiophene rings is 1. The normalized spacial score (nSPS) is 15.6. The highest BCUT2D eigenvalue weighted by atomic mass is 32.1. The molecule has 4 nitrogen and oxygen atoms in total. The van der Waals surface area contributed by atoms with E-state index < -0.39 is 0 Å². The first-order chi connectivity index (χ1) is 13.3. The summed E-state index contributed by atoms with van der Waals surface area (Å²) in [7, 11) is 0. The number of nitrogens with zero attached hydrogens (tertiary/aromatic N) is 3. The van der Waals surface area contributed by atoms with Crippen LogP contribution in [-0.2, 0) is 6.42 Å². The molecule has 27 heavy (non-hydrogen) atoms. The SMILES string of the molecule is CCN1CCN(c2nc(-c3ccc(CCCO)cc3)cc3sccc23)CC1. The van der Waals surface area contributed by atoms with E-state index in [1.165, 1.54) is 15.6 Å². The van der Waals surface area contributed by atoms with E-state index in [9.17, 15) is 0 Å². The maximum Gasteiger partial charge on any atom is 0.138 e. The van der Waals surface area contributed by atoms with Crippen LogP contribution >= 0.6 is 11.3 Å². The molecule has 0 spiro atoms. The van der Waals surface area contributed by atoms with Crippen LogP contribution in [0.25, 0.3) is 21.3 Å². The number of aryl methyl sites for hydroxylation is 1. The highest BCUT2D eigenvalue weighted by molar-refractivity contribution is 7.17. The summed E-state index contributed by atoms with van der Waals surface area (Å²) in [4.78, 5) is 10.0. The summed E-state index contributed by atoms with van der Waals surface area (Å²) < 4.78 is 1.30. The zero-order valence-corrected chi connectivity index (χ0v) is 16.7. The van der Waals surface area contributed by atoms with Crippen molar-refractivity contribution in [1.29, 1.82) is 0 Å². The molecule has 1 aromatic carbocycles. The fourth-order valence-corrected chi connectivity index (χ4v) is 4.56. The van der Waals surface area contributed by atoms with Crippen LogP contribution in [0.4, 0.5) is 5.82 Å². The fraction of sp³-hybridized carbons (Fsp3) is 0.409. The van der Waals surface area contributed by atoms with Gasteiger partial charge in [0, 0.05) is 48.4 Å². The van der Waals surface area contributed by atoms with Crippen LogP contribution in [0.15, 0.2) is 41.8 Å². The standard InChI is InChI=1S/C22H27N3OS/c1-2-24-10-12-25(13-11-24)22-19-9-15-27-21(19)16-20(23-22)18-7-5-17(6-8-18)4-3-14-26/h5-9,15-16,26H,2-4,10-14H2,1H3. The van der Waals surface area contributed by atoms with Crippen molar-refractivity contribution in [3.8, 4) is 11.3 Å². The molecule has 1 aliphatic rings. The minimum absolute atomic E-state index is 0.243. The smallest absolute Gasteiger partial charge is 0.138 e. The Hall–Kier alpha value is -1.95. The number of anilines is 1. The quantitative estimate of drug-likeness (QED) is 0.700. The Morgan fingerprint density at radius 1 is 1.07 bits per heavy atom. The summed E-state index contributed by atoms with van der Waals surface area (Å²) in [5.74, 6) is 1.13. The Kier molecular flexibility index (Phi) is 5.72. The first-order valence-corrected chi connectivity index (χ1v) is 10.7. The largest absolute Gasteiger partial charge is 0.396 e. The Labute approximate surface area is 165 Å². The first kappa shape index (κ1) is 18.4. The van der Waals surface area contributed by atoms with Crippen molar-refractivity contribution >= 4 is 27.2 Å². The molecule has 1 N–H and O–H groups in total. The lowest BCUT2D eigenvalue weighted by molar-refractivity contribution is 0.271. The van der Waals surface area contributed by atoms with Gasteiger partial charge in [0.2, 0.25) is 0 Å². The molecular weight excluding hydrogens is 354 g/mol. The Balaban J connectivity index is 1.64. The van der Waals surface area contributed by atoms with Crippen LogP contribution in [0.1, 0.15) is 18.9 Å². The molecule has 0 unspecified atom stereocenters. The van der Waals surface area contributed by atoms with Crippen molar-refractivity contribution in [3.63, 3.8) is 0 Å². The highest BCUT2D eigenvalue weighted by Crippen LogP contribution is 2.33. The van der Waals surface area contributed by atoms with E-state index in [1.54, 1.807) is 11.3 Å². The van der Waals surface area contributed by atoms with Gasteiger partial charge in [-0.05, 0) is 42.5 Å². The third-order valence-corrected chi connectivity index (χ3v) is 6.29. The van der Waals surface area contributed by atoms with Crippen LogP contribution in [-0.4, -0.2) is 54.3 Å².